The molecule has 3 aromatic rings. The van der Waals surface area contributed by atoms with Gasteiger partial charge in [0.05, 0.1) is 17.7 Å². The number of amides is 1. The van der Waals surface area contributed by atoms with E-state index in [0.717, 1.165) is 10.9 Å². The third-order valence-corrected chi connectivity index (χ3v) is 5.43. The first-order valence-corrected chi connectivity index (χ1v) is 9.34. The molecular weight excluding hydrogens is 356 g/mol. The fourth-order valence-electron chi connectivity index (χ4n) is 2.72. The van der Waals surface area contributed by atoms with E-state index in [2.05, 4.69) is 20.2 Å². The van der Waals surface area contributed by atoms with Crippen LogP contribution in [0.2, 0.25) is 0 Å². The molecule has 0 aliphatic rings. The van der Waals surface area contributed by atoms with Crippen LogP contribution < -0.4 is 10.0 Å². The molecule has 0 aliphatic heterocycles. The number of hydrogen-bond acceptors (Lipinski definition) is 6. The Kier molecular flexibility index (Phi) is 4.75. The number of fused-ring (bicyclic) bond motifs is 1. The highest BCUT2D eigenvalue weighted by molar-refractivity contribution is 7.89. The van der Waals surface area contributed by atoms with Crippen molar-refractivity contribution in [2.75, 3.05) is 11.9 Å². The molecule has 0 bridgehead atoms. The number of carbonyl (C=O) groups is 1. The number of nitrogens with one attached hydrogen (secondary N) is 2. The van der Waals surface area contributed by atoms with Gasteiger partial charge in [-0.05, 0) is 44.5 Å². The predicted octanol–water partition coefficient (Wildman–Crippen LogP) is 2.07. The van der Waals surface area contributed by atoms with Crippen LogP contribution in [0.15, 0.2) is 39.9 Å². The first kappa shape index (κ1) is 18.0. The van der Waals surface area contributed by atoms with E-state index < -0.39 is 22.5 Å². The van der Waals surface area contributed by atoms with Crippen molar-refractivity contribution in [3.8, 4) is 0 Å². The second-order valence-electron chi connectivity index (χ2n) is 5.91. The van der Waals surface area contributed by atoms with E-state index in [1.807, 2.05) is 25.1 Å². The fraction of sp³-hybridized carbons (Fsp3) is 0.235. The number of benzene rings is 1. The fourth-order valence-corrected chi connectivity index (χ4v) is 4.03. The van der Waals surface area contributed by atoms with Crippen LogP contribution in [0.25, 0.3) is 10.9 Å². The number of pyridine rings is 1. The van der Waals surface area contributed by atoms with E-state index >= 15 is 0 Å². The third-order valence-electron chi connectivity index (χ3n) is 3.78. The molecule has 9 heteroatoms. The Bertz CT molecular complexity index is 1070. The highest BCUT2D eigenvalue weighted by atomic mass is 32.2. The zero-order valence-corrected chi connectivity index (χ0v) is 15.3. The van der Waals surface area contributed by atoms with Crippen molar-refractivity contribution in [1.82, 2.24) is 14.9 Å². The van der Waals surface area contributed by atoms with Crippen LogP contribution >= 0.6 is 0 Å². The average molecular weight is 374 g/mol. The lowest BCUT2D eigenvalue weighted by atomic mass is 10.1. The topological polar surface area (TPSA) is 114 Å². The maximum absolute atomic E-state index is 12.4. The summed E-state index contributed by atoms with van der Waals surface area (Å²) >= 11 is 0. The summed E-state index contributed by atoms with van der Waals surface area (Å²) in [6, 6.07) is 7.45. The number of aryl methyl sites for hydroxylation is 3. The molecule has 2 heterocycles. The zero-order chi connectivity index (χ0) is 18.9. The van der Waals surface area contributed by atoms with Crippen molar-refractivity contribution in [2.24, 2.45) is 0 Å². The molecule has 26 heavy (non-hydrogen) atoms. The molecule has 0 saturated heterocycles. The number of nitrogens with zero attached hydrogens (tertiary/aromatic N) is 2. The Morgan fingerprint density at radius 3 is 2.69 bits per heavy atom. The lowest BCUT2D eigenvalue weighted by Gasteiger charge is -2.10. The van der Waals surface area contributed by atoms with Gasteiger partial charge in [0.2, 0.25) is 15.9 Å². The van der Waals surface area contributed by atoms with Gasteiger partial charge in [-0.2, -0.15) is 0 Å². The van der Waals surface area contributed by atoms with Crippen molar-refractivity contribution in [3.63, 3.8) is 0 Å². The minimum absolute atomic E-state index is 0.0482. The molecule has 0 atom stereocenters. The van der Waals surface area contributed by atoms with Gasteiger partial charge in [0.15, 0.2) is 5.76 Å². The lowest BCUT2D eigenvalue weighted by molar-refractivity contribution is -0.115. The number of carbonyl (C=O) groups excluding carboxylic acids is 1. The van der Waals surface area contributed by atoms with Crippen LogP contribution in [0.5, 0.6) is 0 Å². The van der Waals surface area contributed by atoms with Crippen LogP contribution in [0.3, 0.4) is 0 Å². The molecule has 136 valence electrons. The Labute approximate surface area is 150 Å². The number of aromatic nitrogens is 2. The molecule has 0 aliphatic carbocycles. The molecule has 0 radical (unpaired) electrons. The molecule has 2 aromatic heterocycles. The average Bonchev–Trinajstić information content (AvgIpc) is 2.92. The van der Waals surface area contributed by atoms with Crippen LogP contribution in [0, 0.1) is 20.8 Å². The first-order valence-electron chi connectivity index (χ1n) is 7.85. The predicted molar refractivity (Wildman–Crippen MR) is 96.3 cm³/mol. The monoisotopic (exact) mass is 374 g/mol. The Balaban J connectivity index is 1.76. The normalized spacial score (nSPS) is 11.7. The minimum Gasteiger partial charge on any atom is -0.360 e. The number of rotatable bonds is 5. The van der Waals surface area contributed by atoms with Gasteiger partial charge in [0.25, 0.3) is 0 Å². The van der Waals surface area contributed by atoms with E-state index in [1.54, 1.807) is 12.3 Å². The van der Waals surface area contributed by atoms with Gasteiger partial charge >= 0.3 is 0 Å². The summed E-state index contributed by atoms with van der Waals surface area (Å²) in [7, 11) is -3.90. The van der Waals surface area contributed by atoms with Crippen molar-refractivity contribution < 1.29 is 17.7 Å². The number of anilines is 1. The summed E-state index contributed by atoms with van der Waals surface area (Å²) in [6.45, 7) is 4.51. The second kappa shape index (κ2) is 6.85. The lowest BCUT2D eigenvalue weighted by Crippen LogP contribution is -2.33. The minimum atomic E-state index is -3.90. The van der Waals surface area contributed by atoms with Gasteiger partial charge < -0.3 is 9.84 Å². The highest BCUT2D eigenvalue weighted by Crippen LogP contribution is 2.23. The highest BCUT2D eigenvalue weighted by Gasteiger charge is 2.24. The van der Waals surface area contributed by atoms with Gasteiger partial charge in [-0.15, -0.1) is 0 Å². The van der Waals surface area contributed by atoms with Crippen LogP contribution in [-0.4, -0.2) is 31.0 Å². The molecule has 3 rings (SSSR count). The van der Waals surface area contributed by atoms with Gasteiger partial charge in [0.1, 0.15) is 10.6 Å². The van der Waals surface area contributed by atoms with Gasteiger partial charge in [-0.25, -0.2) is 13.1 Å². The molecule has 0 spiro atoms. The number of hydrogen-bond donors (Lipinski definition) is 2. The quantitative estimate of drug-likeness (QED) is 0.706. The van der Waals surface area contributed by atoms with Gasteiger partial charge in [-0.1, -0.05) is 11.2 Å². The summed E-state index contributed by atoms with van der Waals surface area (Å²) in [5.41, 5.74) is 2.36. The summed E-state index contributed by atoms with van der Waals surface area (Å²) in [5.74, 6) is -0.331. The molecule has 0 unspecified atom stereocenters. The molecule has 1 amide bonds. The zero-order valence-electron chi connectivity index (χ0n) is 14.5. The molecule has 2 N–H and O–H groups in total. The van der Waals surface area contributed by atoms with Crippen LogP contribution in [-0.2, 0) is 14.8 Å². The standard InChI is InChI=1S/C17H18N4O4S/c1-10-7-13-5-4-6-18-16(13)14(8-10)20-15(22)9-19-26(23,24)17-11(2)21-25-12(17)3/h4-8,19H,9H2,1-3H3,(H,20,22). The van der Waals surface area contributed by atoms with E-state index in [1.165, 1.54) is 13.8 Å². The largest absolute Gasteiger partial charge is 0.360 e. The Morgan fingerprint density at radius 2 is 2.00 bits per heavy atom. The number of sulfonamides is 1. The summed E-state index contributed by atoms with van der Waals surface area (Å²) in [5, 5.41) is 7.21. The van der Waals surface area contributed by atoms with E-state index in [9.17, 15) is 13.2 Å². The molecule has 0 saturated carbocycles. The smallest absolute Gasteiger partial charge is 0.246 e. The van der Waals surface area contributed by atoms with Crippen LogP contribution in [0.1, 0.15) is 17.0 Å². The summed E-state index contributed by atoms with van der Waals surface area (Å²) in [4.78, 5) is 16.5. The van der Waals surface area contributed by atoms with Crippen molar-refractivity contribution in [2.45, 2.75) is 25.7 Å². The van der Waals surface area contributed by atoms with Crippen molar-refractivity contribution >= 4 is 32.5 Å². The van der Waals surface area contributed by atoms with E-state index in [0.29, 0.717) is 11.2 Å². The van der Waals surface area contributed by atoms with Gasteiger partial charge in [0, 0.05) is 11.6 Å². The Hall–Kier alpha value is -2.78. The molecule has 0 fully saturated rings. The van der Waals surface area contributed by atoms with Crippen molar-refractivity contribution in [3.05, 3.63) is 47.5 Å². The van der Waals surface area contributed by atoms with Gasteiger partial charge in [-0.3, -0.25) is 9.78 Å². The second-order valence-corrected chi connectivity index (χ2v) is 7.62. The molecular formula is C17H18N4O4S. The maximum atomic E-state index is 12.4. The van der Waals surface area contributed by atoms with E-state index in [4.69, 9.17) is 4.52 Å². The SMILES string of the molecule is Cc1cc(NC(=O)CNS(=O)(=O)c2c(C)noc2C)c2ncccc2c1. The first-order chi connectivity index (χ1) is 12.3. The third kappa shape index (κ3) is 3.58. The summed E-state index contributed by atoms with van der Waals surface area (Å²) in [6.07, 6.45) is 1.63. The maximum Gasteiger partial charge on any atom is 0.246 e. The Morgan fingerprint density at radius 1 is 1.23 bits per heavy atom. The molecule has 8 nitrogen and oxygen atoms in total. The van der Waals surface area contributed by atoms with E-state index in [-0.39, 0.29) is 16.3 Å². The van der Waals surface area contributed by atoms with Crippen LogP contribution in [0.4, 0.5) is 5.69 Å². The summed E-state index contributed by atoms with van der Waals surface area (Å²) < 4.78 is 31.8. The van der Waals surface area contributed by atoms with Crippen molar-refractivity contribution in [1.29, 1.82) is 0 Å². The molecule has 1 aromatic carbocycles.